The molecule has 6 nitrogen and oxygen atoms in total. The van der Waals surface area contributed by atoms with Crippen LogP contribution in [0.5, 0.6) is 0 Å². The summed E-state index contributed by atoms with van der Waals surface area (Å²) in [6, 6.07) is 14.9. The van der Waals surface area contributed by atoms with Crippen molar-refractivity contribution in [2.45, 2.75) is 26.2 Å². The third-order valence-corrected chi connectivity index (χ3v) is 4.60. The second-order valence-electron chi connectivity index (χ2n) is 6.34. The van der Waals surface area contributed by atoms with E-state index < -0.39 is 4.92 Å². The van der Waals surface area contributed by atoms with Crippen LogP contribution in [0.3, 0.4) is 0 Å². The van der Waals surface area contributed by atoms with Gasteiger partial charge in [0.05, 0.1) is 9.95 Å². The molecule has 0 aliphatic rings. The first-order valence-electron chi connectivity index (χ1n) is 8.92. The van der Waals surface area contributed by atoms with Crippen molar-refractivity contribution in [1.29, 1.82) is 0 Å². The average molecular weight is 399 g/mol. The maximum Gasteiger partial charge on any atom is 0.291 e. The molecule has 0 saturated heterocycles. The molecule has 0 atom stereocenters. The number of nitro groups is 1. The van der Waals surface area contributed by atoms with E-state index in [-0.39, 0.29) is 22.4 Å². The molecule has 1 heterocycles. The minimum absolute atomic E-state index is 0.111. The molecule has 0 radical (unpaired) electrons. The predicted molar refractivity (Wildman–Crippen MR) is 109 cm³/mol. The quantitative estimate of drug-likeness (QED) is 0.384. The lowest BCUT2D eigenvalue weighted by atomic mass is 10.1. The summed E-state index contributed by atoms with van der Waals surface area (Å²) in [7, 11) is 0. The van der Waals surface area contributed by atoms with Gasteiger partial charge in [-0.3, -0.25) is 14.9 Å². The Morgan fingerprint density at radius 2 is 1.89 bits per heavy atom. The van der Waals surface area contributed by atoms with E-state index in [0.29, 0.717) is 17.0 Å². The van der Waals surface area contributed by atoms with Gasteiger partial charge in [-0.2, -0.15) is 0 Å². The standard InChI is InChI=1S/C21H19ClN2O4/c1-2-3-4-14-5-7-15(8-6-14)23-21(25)20-12-11-19(28-20)17-10-9-16(24(26)27)13-18(17)22/h5-13H,2-4H2,1H3,(H,23,25). The molecule has 1 N–H and O–H groups in total. The molecule has 28 heavy (non-hydrogen) atoms. The molecular weight excluding hydrogens is 380 g/mol. The zero-order chi connectivity index (χ0) is 20.1. The minimum Gasteiger partial charge on any atom is -0.451 e. The molecule has 0 bridgehead atoms. The fourth-order valence-corrected chi connectivity index (χ4v) is 3.02. The van der Waals surface area contributed by atoms with Crippen LogP contribution in [0.1, 0.15) is 35.9 Å². The lowest BCUT2D eigenvalue weighted by Gasteiger charge is -2.05. The summed E-state index contributed by atoms with van der Waals surface area (Å²) in [6.45, 7) is 2.15. The number of hydrogen-bond acceptors (Lipinski definition) is 4. The van der Waals surface area contributed by atoms with Crippen LogP contribution in [0.25, 0.3) is 11.3 Å². The Balaban J connectivity index is 1.71. The summed E-state index contributed by atoms with van der Waals surface area (Å²) < 4.78 is 5.60. The van der Waals surface area contributed by atoms with Crippen molar-refractivity contribution in [2.75, 3.05) is 5.32 Å². The van der Waals surface area contributed by atoms with Crippen LogP contribution < -0.4 is 5.32 Å². The molecule has 1 aromatic heterocycles. The first kappa shape index (κ1) is 19.6. The molecule has 3 rings (SSSR count). The fourth-order valence-electron chi connectivity index (χ4n) is 2.75. The highest BCUT2D eigenvalue weighted by Crippen LogP contribution is 2.32. The largest absolute Gasteiger partial charge is 0.451 e. The third kappa shape index (κ3) is 4.58. The minimum atomic E-state index is -0.524. The number of non-ortho nitro benzene ring substituents is 1. The van der Waals surface area contributed by atoms with Gasteiger partial charge in [-0.1, -0.05) is 37.1 Å². The summed E-state index contributed by atoms with van der Waals surface area (Å²) in [5.74, 6) is 0.102. The van der Waals surface area contributed by atoms with Crippen molar-refractivity contribution in [3.05, 3.63) is 81.1 Å². The number of halogens is 1. The Kier molecular flexibility index (Phi) is 6.11. The number of aryl methyl sites for hydroxylation is 1. The summed E-state index contributed by atoms with van der Waals surface area (Å²) >= 11 is 6.11. The Hall–Kier alpha value is -3.12. The first-order chi connectivity index (χ1) is 13.5. The van der Waals surface area contributed by atoms with Crippen LogP contribution in [0.2, 0.25) is 5.02 Å². The zero-order valence-electron chi connectivity index (χ0n) is 15.3. The number of rotatable bonds is 7. The fraction of sp³-hybridized carbons (Fsp3) is 0.190. The normalized spacial score (nSPS) is 10.6. The summed E-state index contributed by atoms with van der Waals surface area (Å²) in [6.07, 6.45) is 3.28. The molecule has 7 heteroatoms. The van der Waals surface area contributed by atoms with Gasteiger partial charge in [0.25, 0.3) is 11.6 Å². The number of carbonyl (C=O) groups is 1. The lowest BCUT2D eigenvalue weighted by Crippen LogP contribution is -2.10. The van der Waals surface area contributed by atoms with Crippen molar-refractivity contribution in [1.82, 2.24) is 0 Å². The van der Waals surface area contributed by atoms with E-state index in [4.69, 9.17) is 16.0 Å². The van der Waals surface area contributed by atoms with Gasteiger partial charge in [-0.05, 0) is 48.7 Å². The highest BCUT2D eigenvalue weighted by atomic mass is 35.5. The number of unbranched alkanes of at least 4 members (excludes halogenated alkanes) is 1. The lowest BCUT2D eigenvalue weighted by molar-refractivity contribution is -0.384. The van der Waals surface area contributed by atoms with Gasteiger partial charge >= 0.3 is 0 Å². The second-order valence-corrected chi connectivity index (χ2v) is 6.75. The topological polar surface area (TPSA) is 85.4 Å². The number of nitrogens with one attached hydrogen (secondary N) is 1. The monoisotopic (exact) mass is 398 g/mol. The third-order valence-electron chi connectivity index (χ3n) is 4.29. The Morgan fingerprint density at radius 1 is 1.14 bits per heavy atom. The van der Waals surface area contributed by atoms with Crippen molar-refractivity contribution in [3.8, 4) is 11.3 Å². The predicted octanol–water partition coefficient (Wildman–Crippen LogP) is 6.10. The van der Waals surface area contributed by atoms with E-state index in [2.05, 4.69) is 12.2 Å². The number of nitro benzene ring substituents is 1. The SMILES string of the molecule is CCCCc1ccc(NC(=O)c2ccc(-c3ccc([N+](=O)[O-])cc3Cl)o2)cc1. The van der Waals surface area contributed by atoms with Crippen molar-refractivity contribution < 1.29 is 14.1 Å². The van der Waals surface area contributed by atoms with Gasteiger partial charge in [0.1, 0.15) is 5.76 Å². The van der Waals surface area contributed by atoms with Gasteiger partial charge < -0.3 is 9.73 Å². The average Bonchev–Trinajstić information content (AvgIpc) is 3.17. The molecular formula is C21H19ClN2O4. The maximum absolute atomic E-state index is 12.4. The molecule has 3 aromatic rings. The van der Waals surface area contributed by atoms with Crippen LogP contribution in [-0.4, -0.2) is 10.8 Å². The van der Waals surface area contributed by atoms with Gasteiger partial charge in [-0.25, -0.2) is 0 Å². The van der Waals surface area contributed by atoms with Gasteiger partial charge in [0.2, 0.25) is 0 Å². The highest BCUT2D eigenvalue weighted by molar-refractivity contribution is 6.33. The van der Waals surface area contributed by atoms with Crippen molar-refractivity contribution in [3.63, 3.8) is 0 Å². The molecule has 1 amide bonds. The highest BCUT2D eigenvalue weighted by Gasteiger charge is 2.16. The smallest absolute Gasteiger partial charge is 0.291 e. The van der Waals surface area contributed by atoms with E-state index in [1.54, 1.807) is 6.07 Å². The van der Waals surface area contributed by atoms with Crippen LogP contribution in [-0.2, 0) is 6.42 Å². The van der Waals surface area contributed by atoms with E-state index in [0.717, 1.165) is 19.3 Å². The molecule has 144 valence electrons. The van der Waals surface area contributed by atoms with Crippen LogP contribution in [0.15, 0.2) is 59.0 Å². The number of benzene rings is 2. The Labute approximate surface area is 167 Å². The number of amides is 1. The van der Waals surface area contributed by atoms with Crippen LogP contribution in [0.4, 0.5) is 11.4 Å². The number of anilines is 1. The van der Waals surface area contributed by atoms with Gasteiger partial charge in [0, 0.05) is 23.4 Å². The molecule has 0 unspecified atom stereocenters. The van der Waals surface area contributed by atoms with E-state index in [1.807, 2.05) is 24.3 Å². The van der Waals surface area contributed by atoms with Crippen LogP contribution in [0, 0.1) is 10.1 Å². The van der Waals surface area contributed by atoms with Crippen LogP contribution >= 0.6 is 11.6 Å². The molecule has 0 spiro atoms. The number of furan rings is 1. The molecule has 0 aliphatic carbocycles. The van der Waals surface area contributed by atoms with Crippen molar-refractivity contribution in [2.24, 2.45) is 0 Å². The van der Waals surface area contributed by atoms with E-state index in [9.17, 15) is 14.9 Å². The van der Waals surface area contributed by atoms with E-state index in [1.165, 1.54) is 29.8 Å². The summed E-state index contributed by atoms with van der Waals surface area (Å²) in [5, 5.41) is 13.8. The van der Waals surface area contributed by atoms with Gasteiger partial charge in [-0.15, -0.1) is 0 Å². The number of hydrogen-bond donors (Lipinski definition) is 1. The Bertz CT molecular complexity index is 996. The number of carbonyl (C=O) groups excluding carboxylic acids is 1. The maximum atomic E-state index is 12.4. The van der Waals surface area contributed by atoms with Gasteiger partial charge in [0.15, 0.2) is 5.76 Å². The molecule has 0 saturated carbocycles. The Morgan fingerprint density at radius 3 is 2.54 bits per heavy atom. The zero-order valence-corrected chi connectivity index (χ0v) is 16.0. The molecule has 0 aliphatic heterocycles. The second kappa shape index (κ2) is 8.71. The number of nitrogens with zero attached hydrogens (tertiary/aromatic N) is 1. The molecule has 0 fully saturated rings. The summed E-state index contributed by atoms with van der Waals surface area (Å²) in [5.41, 5.74) is 2.27. The van der Waals surface area contributed by atoms with E-state index >= 15 is 0 Å². The first-order valence-corrected chi connectivity index (χ1v) is 9.30. The molecule has 2 aromatic carbocycles. The summed E-state index contributed by atoms with van der Waals surface area (Å²) in [4.78, 5) is 22.7. The van der Waals surface area contributed by atoms with Crippen molar-refractivity contribution >= 4 is 28.9 Å².